The lowest BCUT2D eigenvalue weighted by atomic mass is 9.85. The maximum Gasteiger partial charge on any atom is 0.425 e. The molecule has 7 heteroatoms. The van der Waals surface area contributed by atoms with Gasteiger partial charge in [-0.2, -0.15) is 13.2 Å². The van der Waals surface area contributed by atoms with Crippen molar-refractivity contribution in [3.63, 3.8) is 0 Å². The van der Waals surface area contributed by atoms with Gasteiger partial charge in [-0.15, -0.1) is 11.3 Å². The lowest BCUT2D eigenvalue weighted by Crippen LogP contribution is -2.44. The Kier molecular flexibility index (Phi) is 3.12. The van der Waals surface area contributed by atoms with Crippen molar-refractivity contribution in [1.82, 2.24) is 5.32 Å². The first-order valence-corrected chi connectivity index (χ1v) is 6.98. The molecule has 0 bridgehead atoms. The molecule has 3 nitrogen and oxygen atoms in total. The zero-order chi connectivity index (χ0) is 13.7. The Labute approximate surface area is 112 Å². The molecule has 0 radical (unpaired) electrons. The highest BCUT2D eigenvalue weighted by atomic mass is 32.1. The molecule has 3 rings (SSSR count). The smallest absolute Gasteiger partial charge is 0.386 e. The van der Waals surface area contributed by atoms with Crippen LogP contribution >= 0.6 is 11.3 Å². The van der Waals surface area contributed by atoms with Crippen LogP contribution in [0.25, 0.3) is 0 Å². The van der Waals surface area contributed by atoms with E-state index in [9.17, 15) is 18.3 Å². The van der Waals surface area contributed by atoms with E-state index in [2.05, 4.69) is 5.32 Å². The zero-order valence-electron chi connectivity index (χ0n) is 10.1. The standard InChI is InChI=1S/C12H14F3NO2S/c13-12(14,15)9-5-7-8(17)6-18-11(10(7)19-9)1-3-16-4-2-11/h5,8,16-17H,1-4,6H2. The van der Waals surface area contributed by atoms with Crippen LogP contribution in [0, 0.1) is 0 Å². The van der Waals surface area contributed by atoms with Gasteiger partial charge in [0.15, 0.2) is 0 Å². The van der Waals surface area contributed by atoms with Crippen molar-refractivity contribution in [1.29, 1.82) is 0 Å². The van der Waals surface area contributed by atoms with E-state index in [1.165, 1.54) is 0 Å². The highest BCUT2D eigenvalue weighted by Gasteiger charge is 2.46. The Balaban J connectivity index is 2.06. The summed E-state index contributed by atoms with van der Waals surface area (Å²) in [5.41, 5.74) is -0.251. The molecule has 19 heavy (non-hydrogen) atoms. The van der Waals surface area contributed by atoms with Crippen molar-refractivity contribution < 1.29 is 23.0 Å². The van der Waals surface area contributed by atoms with Crippen molar-refractivity contribution >= 4 is 11.3 Å². The van der Waals surface area contributed by atoms with Crippen molar-refractivity contribution in [3.8, 4) is 0 Å². The molecule has 1 atom stereocenters. The Morgan fingerprint density at radius 1 is 1.37 bits per heavy atom. The summed E-state index contributed by atoms with van der Waals surface area (Å²) in [6.45, 7) is 1.50. The van der Waals surface area contributed by atoms with Crippen molar-refractivity contribution in [2.75, 3.05) is 19.7 Å². The van der Waals surface area contributed by atoms with E-state index in [-0.39, 0.29) is 6.61 Å². The summed E-state index contributed by atoms with van der Waals surface area (Å²) in [5.74, 6) is 0. The summed E-state index contributed by atoms with van der Waals surface area (Å²) in [6.07, 6.45) is -4.03. The summed E-state index contributed by atoms with van der Waals surface area (Å²) in [7, 11) is 0. The molecular formula is C12H14F3NO2S. The van der Waals surface area contributed by atoms with Gasteiger partial charge < -0.3 is 15.2 Å². The van der Waals surface area contributed by atoms with Crippen LogP contribution in [0.2, 0.25) is 0 Å². The third kappa shape index (κ3) is 2.18. The van der Waals surface area contributed by atoms with E-state index < -0.39 is 22.8 Å². The number of hydrogen-bond acceptors (Lipinski definition) is 4. The average Bonchev–Trinajstić information content (AvgIpc) is 2.82. The second-order valence-electron chi connectivity index (χ2n) is 4.96. The summed E-state index contributed by atoms with van der Waals surface area (Å²) in [4.78, 5) is -0.0972. The van der Waals surface area contributed by atoms with Crippen LogP contribution in [0.1, 0.15) is 34.3 Å². The van der Waals surface area contributed by atoms with Crippen LogP contribution in [0.3, 0.4) is 0 Å². The number of aliphatic hydroxyl groups is 1. The first-order valence-electron chi connectivity index (χ1n) is 6.16. The van der Waals surface area contributed by atoms with Gasteiger partial charge in [0.25, 0.3) is 0 Å². The van der Waals surface area contributed by atoms with Crippen LogP contribution in [0.4, 0.5) is 13.2 Å². The van der Waals surface area contributed by atoms with Gasteiger partial charge in [-0.3, -0.25) is 0 Å². The van der Waals surface area contributed by atoms with Crippen LogP contribution in [-0.4, -0.2) is 24.8 Å². The minimum Gasteiger partial charge on any atom is -0.386 e. The molecule has 1 spiro atoms. The van der Waals surface area contributed by atoms with E-state index in [0.29, 0.717) is 34.6 Å². The predicted molar refractivity (Wildman–Crippen MR) is 64.0 cm³/mol. The number of alkyl halides is 3. The molecule has 0 amide bonds. The third-order valence-corrected chi connectivity index (χ3v) is 5.12. The molecule has 1 saturated heterocycles. The second kappa shape index (κ2) is 4.44. The molecule has 0 saturated carbocycles. The first kappa shape index (κ1) is 13.4. The number of ether oxygens (including phenoxy) is 1. The number of thiophene rings is 1. The molecule has 0 aliphatic carbocycles. The number of fused-ring (bicyclic) bond motifs is 2. The number of rotatable bonds is 0. The monoisotopic (exact) mass is 293 g/mol. The van der Waals surface area contributed by atoms with E-state index in [0.717, 1.165) is 19.2 Å². The second-order valence-corrected chi connectivity index (χ2v) is 6.02. The van der Waals surface area contributed by atoms with E-state index in [4.69, 9.17) is 4.74 Å². The fourth-order valence-corrected chi connectivity index (χ4v) is 4.03. The van der Waals surface area contributed by atoms with E-state index in [1.54, 1.807) is 0 Å². The maximum atomic E-state index is 12.8. The summed E-state index contributed by atoms with van der Waals surface area (Å²) < 4.78 is 44.2. The SMILES string of the molecule is OC1COC2(CCNCC2)c2sc(C(F)(F)F)cc21. The van der Waals surface area contributed by atoms with Crippen LogP contribution in [-0.2, 0) is 16.5 Å². The van der Waals surface area contributed by atoms with Gasteiger partial charge in [0.2, 0.25) is 0 Å². The topological polar surface area (TPSA) is 41.5 Å². The van der Waals surface area contributed by atoms with Crippen LogP contribution in [0.15, 0.2) is 6.07 Å². The Bertz CT molecular complexity index is 480. The van der Waals surface area contributed by atoms with Gasteiger partial charge >= 0.3 is 6.18 Å². The normalized spacial score (nSPS) is 26.4. The van der Waals surface area contributed by atoms with Crippen molar-refractivity contribution in [2.24, 2.45) is 0 Å². The maximum absolute atomic E-state index is 12.8. The molecule has 2 aliphatic rings. The Hall–Kier alpha value is -0.630. The minimum atomic E-state index is -4.37. The summed E-state index contributed by atoms with van der Waals surface area (Å²) in [6, 6.07) is 1.08. The molecule has 1 unspecified atom stereocenters. The fraction of sp³-hybridized carbons (Fsp3) is 0.667. The molecule has 1 aromatic rings. The summed E-state index contributed by atoms with van der Waals surface area (Å²) >= 11 is 0.714. The molecule has 0 aromatic carbocycles. The van der Waals surface area contributed by atoms with Crippen LogP contribution in [0.5, 0.6) is 0 Å². The molecule has 2 aliphatic heterocycles. The predicted octanol–water partition coefficient (Wildman–Crippen LogP) is 2.41. The third-order valence-electron chi connectivity index (χ3n) is 3.74. The number of aliphatic hydroxyl groups excluding tert-OH is 1. The van der Waals surface area contributed by atoms with Gasteiger partial charge in [-0.05, 0) is 32.0 Å². The lowest BCUT2D eigenvalue weighted by Gasteiger charge is -2.41. The van der Waals surface area contributed by atoms with Gasteiger partial charge in [-0.25, -0.2) is 0 Å². The highest BCUT2D eigenvalue weighted by molar-refractivity contribution is 7.12. The molecule has 1 aromatic heterocycles. The van der Waals surface area contributed by atoms with Crippen molar-refractivity contribution in [3.05, 3.63) is 21.4 Å². The van der Waals surface area contributed by atoms with Gasteiger partial charge in [-0.1, -0.05) is 0 Å². The van der Waals surface area contributed by atoms with Gasteiger partial charge in [0.1, 0.15) is 16.6 Å². The highest BCUT2D eigenvalue weighted by Crippen LogP contribution is 2.49. The first-order chi connectivity index (χ1) is 8.92. The number of nitrogens with one attached hydrogen (secondary N) is 1. The molecule has 3 heterocycles. The van der Waals surface area contributed by atoms with Gasteiger partial charge in [0, 0.05) is 10.4 Å². The van der Waals surface area contributed by atoms with E-state index in [1.807, 2.05) is 0 Å². The summed E-state index contributed by atoms with van der Waals surface area (Å²) in [5, 5.41) is 13.0. The largest absolute Gasteiger partial charge is 0.425 e. The van der Waals surface area contributed by atoms with Gasteiger partial charge in [0.05, 0.1) is 6.61 Å². The zero-order valence-corrected chi connectivity index (χ0v) is 10.9. The quantitative estimate of drug-likeness (QED) is 0.772. The number of piperidine rings is 1. The lowest BCUT2D eigenvalue weighted by molar-refractivity contribution is -0.134. The molecular weight excluding hydrogens is 279 g/mol. The molecule has 2 N–H and O–H groups in total. The molecule has 1 fully saturated rings. The van der Waals surface area contributed by atoms with Crippen molar-refractivity contribution in [2.45, 2.75) is 30.7 Å². The average molecular weight is 293 g/mol. The Morgan fingerprint density at radius 2 is 2.05 bits per heavy atom. The minimum absolute atomic E-state index is 0.0705. The van der Waals surface area contributed by atoms with E-state index >= 15 is 0 Å². The Morgan fingerprint density at radius 3 is 2.68 bits per heavy atom. The number of halogens is 3. The van der Waals surface area contributed by atoms with Crippen LogP contribution < -0.4 is 5.32 Å². The fourth-order valence-electron chi connectivity index (χ4n) is 2.74. The number of hydrogen-bond donors (Lipinski definition) is 2. The molecule has 106 valence electrons.